The van der Waals surface area contributed by atoms with Crippen LogP contribution in [0.25, 0.3) is 22.5 Å². The molecule has 0 saturated heterocycles. The molecular weight excluding hydrogens is 262 g/mol. The second-order valence-electron chi connectivity index (χ2n) is 4.33. The lowest BCUT2D eigenvalue weighted by atomic mass is 10.1. The maximum absolute atomic E-state index is 5.47. The van der Waals surface area contributed by atoms with E-state index in [-0.39, 0.29) is 0 Å². The Morgan fingerprint density at radius 2 is 2.21 bits per heavy atom. The number of aryl methyl sites for hydroxylation is 2. The number of H-pyrrole nitrogens is 1. The van der Waals surface area contributed by atoms with E-state index in [9.17, 15) is 0 Å². The van der Waals surface area contributed by atoms with Gasteiger partial charge in [-0.25, -0.2) is 4.68 Å². The Bertz CT molecular complexity index is 813. The van der Waals surface area contributed by atoms with Gasteiger partial charge in [-0.1, -0.05) is 0 Å². The van der Waals surface area contributed by atoms with Crippen LogP contribution in [0.3, 0.4) is 0 Å². The van der Waals surface area contributed by atoms with E-state index in [1.807, 2.05) is 25.1 Å². The zero-order valence-corrected chi connectivity index (χ0v) is 11.7. The number of nitrogens with zero attached hydrogens (tertiary/aromatic N) is 2. The van der Waals surface area contributed by atoms with E-state index in [2.05, 4.69) is 10.1 Å². The Morgan fingerprint density at radius 3 is 2.84 bits per heavy atom. The second kappa shape index (κ2) is 4.24. The molecule has 0 radical (unpaired) electrons. The summed E-state index contributed by atoms with van der Waals surface area (Å²) >= 11 is 5.04. The third-order valence-corrected chi connectivity index (χ3v) is 3.52. The quantitative estimate of drug-likeness (QED) is 0.730. The summed E-state index contributed by atoms with van der Waals surface area (Å²) in [7, 11) is 3.41. The molecule has 0 unspecified atom stereocenters. The number of methoxy groups -OCH3 is 1. The monoisotopic (exact) mass is 275 g/mol. The van der Waals surface area contributed by atoms with Crippen LogP contribution in [0.2, 0.25) is 0 Å². The van der Waals surface area contributed by atoms with Crippen LogP contribution in [0, 0.1) is 11.8 Å². The SMILES string of the molecule is COc1ccc2[nH]c(-c3nn(C)c(=S)o3)c(C)c2c1. The number of aromatic amines is 1. The van der Waals surface area contributed by atoms with Crippen molar-refractivity contribution < 1.29 is 9.15 Å². The molecule has 3 aromatic rings. The first-order chi connectivity index (χ1) is 9.10. The van der Waals surface area contributed by atoms with Crippen LogP contribution >= 0.6 is 12.2 Å². The highest BCUT2D eigenvalue weighted by Crippen LogP contribution is 2.31. The van der Waals surface area contributed by atoms with Crippen molar-refractivity contribution in [3.63, 3.8) is 0 Å². The highest BCUT2D eigenvalue weighted by atomic mass is 32.1. The third kappa shape index (κ3) is 1.84. The maximum Gasteiger partial charge on any atom is 0.287 e. The van der Waals surface area contributed by atoms with Crippen LogP contribution < -0.4 is 4.74 Å². The number of benzene rings is 1. The normalized spacial score (nSPS) is 11.1. The fourth-order valence-electron chi connectivity index (χ4n) is 2.09. The molecule has 1 N–H and O–H groups in total. The summed E-state index contributed by atoms with van der Waals surface area (Å²) in [5.41, 5.74) is 2.92. The molecule has 2 heterocycles. The number of aromatic nitrogens is 3. The van der Waals surface area contributed by atoms with E-state index in [0.29, 0.717) is 10.7 Å². The van der Waals surface area contributed by atoms with Gasteiger partial charge in [0.1, 0.15) is 11.4 Å². The molecule has 0 atom stereocenters. The van der Waals surface area contributed by atoms with Crippen LogP contribution in [-0.2, 0) is 7.05 Å². The van der Waals surface area contributed by atoms with Gasteiger partial charge in [-0.05, 0) is 42.9 Å². The van der Waals surface area contributed by atoms with Gasteiger partial charge in [0.15, 0.2) is 0 Å². The lowest BCUT2D eigenvalue weighted by Crippen LogP contribution is -1.90. The first-order valence-electron chi connectivity index (χ1n) is 5.81. The first kappa shape index (κ1) is 12.0. The summed E-state index contributed by atoms with van der Waals surface area (Å²) in [4.78, 5) is 3.65. The maximum atomic E-state index is 5.47. The topological polar surface area (TPSA) is 56.0 Å². The molecule has 98 valence electrons. The van der Waals surface area contributed by atoms with Gasteiger partial charge in [0.05, 0.1) is 7.11 Å². The van der Waals surface area contributed by atoms with Crippen molar-refractivity contribution in [1.29, 1.82) is 0 Å². The Morgan fingerprint density at radius 1 is 1.42 bits per heavy atom. The number of nitrogens with one attached hydrogen (secondary N) is 1. The zero-order chi connectivity index (χ0) is 13.6. The minimum absolute atomic E-state index is 0.352. The van der Waals surface area contributed by atoms with Gasteiger partial charge < -0.3 is 14.1 Å². The average molecular weight is 275 g/mol. The summed E-state index contributed by atoms with van der Waals surface area (Å²) in [6.07, 6.45) is 0. The van der Waals surface area contributed by atoms with Crippen LogP contribution in [0.1, 0.15) is 5.56 Å². The molecule has 19 heavy (non-hydrogen) atoms. The summed E-state index contributed by atoms with van der Waals surface area (Å²) in [6, 6.07) is 5.88. The van der Waals surface area contributed by atoms with E-state index in [1.54, 1.807) is 14.2 Å². The van der Waals surface area contributed by atoms with Gasteiger partial charge >= 0.3 is 0 Å². The van der Waals surface area contributed by atoms with Crippen molar-refractivity contribution in [3.05, 3.63) is 28.6 Å². The van der Waals surface area contributed by atoms with E-state index in [0.717, 1.165) is 27.9 Å². The predicted molar refractivity (Wildman–Crippen MR) is 74.9 cm³/mol. The summed E-state index contributed by atoms with van der Waals surface area (Å²) in [5, 5.41) is 5.35. The van der Waals surface area contributed by atoms with Gasteiger partial charge in [-0.2, -0.15) is 0 Å². The Balaban J connectivity index is 2.25. The van der Waals surface area contributed by atoms with Gasteiger partial charge in [0.2, 0.25) is 0 Å². The van der Waals surface area contributed by atoms with Gasteiger partial charge in [-0.15, -0.1) is 5.10 Å². The largest absolute Gasteiger partial charge is 0.497 e. The molecule has 1 aromatic carbocycles. The zero-order valence-electron chi connectivity index (χ0n) is 10.9. The Hall–Kier alpha value is -2.08. The molecule has 2 aromatic heterocycles. The molecule has 0 aliphatic carbocycles. The molecular formula is C13H13N3O2S. The summed E-state index contributed by atoms with van der Waals surface area (Å²) < 4.78 is 12.3. The molecule has 0 aliphatic rings. The number of hydrogen-bond donors (Lipinski definition) is 1. The van der Waals surface area contributed by atoms with Crippen molar-refractivity contribution in [2.75, 3.05) is 7.11 Å². The number of rotatable bonds is 2. The van der Waals surface area contributed by atoms with Crippen LogP contribution in [0.4, 0.5) is 0 Å². The number of ether oxygens (including phenoxy) is 1. The van der Waals surface area contributed by atoms with Gasteiger partial charge in [0.25, 0.3) is 10.7 Å². The third-order valence-electron chi connectivity index (χ3n) is 3.17. The van der Waals surface area contributed by atoms with Crippen molar-refractivity contribution in [2.24, 2.45) is 7.05 Å². The lowest BCUT2D eigenvalue weighted by molar-refractivity contribution is 0.415. The van der Waals surface area contributed by atoms with E-state index < -0.39 is 0 Å². The fraction of sp³-hybridized carbons (Fsp3) is 0.231. The number of hydrogen-bond acceptors (Lipinski definition) is 4. The lowest BCUT2D eigenvalue weighted by Gasteiger charge is -1.98. The standard InChI is InChI=1S/C13H13N3O2S/c1-7-9-6-8(17-3)4-5-10(9)14-11(7)12-15-16(2)13(19)18-12/h4-6,14H,1-3H3. The molecule has 5 nitrogen and oxygen atoms in total. The van der Waals surface area contributed by atoms with Crippen molar-refractivity contribution in [1.82, 2.24) is 14.8 Å². The smallest absolute Gasteiger partial charge is 0.287 e. The predicted octanol–water partition coefficient (Wildman–Crippen LogP) is 3.21. The highest BCUT2D eigenvalue weighted by molar-refractivity contribution is 7.71. The molecule has 0 aliphatic heterocycles. The Kier molecular flexibility index (Phi) is 2.67. The average Bonchev–Trinajstić information content (AvgIpc) is 2.91. The molecule has 3 rings (SSSR count). The van der Waals surface area contributed by atoms with Crippen molar-refractivity contribution >= 4 is 23.1 Å². The van der Waals surface area contributed by atoms with Crippen LogP contribution in [-0.4, -0.2) is 21.9 Å². The van der Waals surface area contributed by atoms with E-state index in [4.69, 9.17) is 21.4 Å². The second-order valence-corrected chi connectivity index (χ2v) is 4.68. The minimum atomic E-state index is 0.352. The summed E-state index contributed by atoms with van der Waals surface area (Å²) in [6.45, 7) is 2.01. The minimum Gasteiger partial charge on any atom is -0.497 e. The van der Waals surface area contributed by atoms with Crippen molar-refractivity contribution in [3.8, 4) is 17.3 Å². The van der Waals surface area contributed by atoms with Crippen molar-refractivity contribution in [2.45, 2.75) is 6.92 Å². The first-order valence-corrected chi connectivity index (χ1v) is 6.22. The molecule has 6 heteroatoms. The molecule has 0 saturated carbocycles. The molecule has 0 spiro atoms. The van der Waals surface area contributed by atoms with Crippen LogP contribution in [0.5, 0.6) is 5.75 Å². The fourth-order valence-corrected chi connectivity index (χ4v) is 2.21. The Labute approximate surface area is 114 Å². The molecule has 0 amide bonds. The number of fused-ring (bicyclic) bond motifs is 1. The molecule has 0 bridgehead atoms. The molecule has 0 fully saturated rings. The van der Waals surface area contributed by atoms with Crippen LogP contribution in [0.15, 0.2) is 22.6 Å². The van der Waals surface area contributed by atoms with Gasteiger partial charge in [0, 0.05) is 18.0 Å². The van der Waals surface area contributed by atoms with E-state index >= 15 is 0 Å². The van der Waals surface area contributed by atoms with E-state index in [1.165, 1.54) is 4.68 Å². The summed E-state index contributed by atoms with van der Waals surface area (Å²) in [5.74, 6) is 1.32. The highest BCUT2D eigenvalue weighted by Gasteiger charge is 2.15. The van der Waals surface area contributed by atoms with Gasteiger partial charge in [-0.3, -0.25) is 0 Å².